The summed E-state index contributed by atoms with van der Waals surface area (Å²) < 4.78 is 2.00. The predicted octanol–water partition coefficient (Wildman–Crippen LogP) is 2.22. The molecule has 3 aliphatic carbocycles. The van der Waals surface area contributed by atoms with Gasteiger partial charge in [0.05, 0.1) is 6.04 Å². The first-order valence-corrected chi connectivity index (χ1v) is 11.3. The van der Waals surface area contributed by atoms with Crippen molar-refractivity contribution in [2.75, 3.05) is 26.2 Å². The third kappa shape index (κ3) is 2.50. The van der Waals surface area contributed by atoms with E-state index in [4.69, 9.17) is 4.98 Å². The second-order valence-electron chi connectivity index (χ2n) is 10.8. The van der Waals surface area contributed by atoms with E-state index < -0.39 is 0 Å². The van der Waals surface area contributed by atoms with Crippen LogP contribution in [0.15, 0.2) is 6.33 Å². The van der Waals surface area contributed by atoms with E-state index in [1.54, 1.807) is 0 Å². The van der Waals surface area contributed by atoms with Gasteiger partial charge in [-0.15, -0.1) is 0 Å². The highest BCUT2D eigenvalue weighted by Crippen LogP contribution is 2.57. The number of carbonyl (C=O) groups is 1. The van der Waals surface area contributed by atoms with Crippen molar-refractivity contribution in [2.45, 2.75) is 63.3 Å². The lowest BCUT2D eigenvalue weighted by Gasteiger charge is -2.63. The number of H-pyrrole nitrogens is 1. The third-order valence-corrected chi connectivity index (χ3v) is 8.19. The van der Waals surface area contributed by atoms with Crippen molar-refractivity contribution < 1.29 is 4.79 Å². The van der Waals surface area contributed by atoms with E-state index in [2.05, 4.69) is 20.3 Å². The molecule has 0 unspecified atom stereocenters. The molecule has 0 atom stereocenters. The van der Waals surface area contributed by atoms with Crippen LogP contribution in [0.4, 0.5) is 4.79 Å². The molecule has 2 aromatic heterocycles. The molecular weight excluding hydrogens is 380 g/mol. The normalized spacial score (nSPS) is 27.0. The first-order chi connectivity index (χ1) is 14.5. The van der Waals surface area contributed by atoms with Gasteiger partial charge in [0.15, 0.2) is 5.82 Å². The molecule has 30 heavy (non-hydrogen) atoms. The number of hydrogen-bond acceptors (Lipinski definition) is 5. The smallest absolute Gasteiger partial charge is 0.320 e. The van der Waals surface area contributed by atoms with Crippen molar-refractivity contribution in [3.05, 3.63) is 23.8 Å². The minimum Gasteiger partial charge on any atom is -0.323 e. The fraction of sp³-hybridized carbons (Fsp3) is 0.762. The predicted molar refractivity (Wildman–Crippen MR) is 107 cm³/mol. The third-order valence-electron chi connectivity index (χ3n) is 8.19. The number of urea groups is 1. The zero-order valence-corrected chi connectivity index (χ0v) is 17.4. The van der Waals surface area contributed by atoms with E-state index in [0.29, 0.717) is 28.7 Å². The molecule has 2 aromatic rings. The van der Waals surface area contributed by atoms with Crippen LogP contribution in [0.1, 0.15) is 73.9 Å². The summed E-state index contributed by atoms with van der Waals surface area (Å²) in [4.78, 5) is 25.9. The van der Waals surface area contributed by atoms with Gasteiger partial charge in [0.1, 0.15) is 18.0 Å². The molecule has 2 saturated heterocycles. The molecule has 2 spiro atoms. The molecule has 0 radical (unpaired) electrons. The van der Waals surface area contributed by atoms with E-state index >= 15 is 0 Å². The van der Waals surface area contributed by atoms with E-state index in [9.17, 15) is 4.79 Å². The Hall–Kier alpha value is -2.45. The van der Waals surface area contributed by atoms with Crippen molar-refractivity contribution in [1.82, 2.24) is 39.7 Å². The van der Waals surface area contributed by atoms with Gasteiger partial charge in [-0.3, -0.25) is 5.10 Å². The maximum Gasteiger partial charge on any atom is 0.320 e. The zero-order chi connectivity index (χ0) is 20.1. The monoisotopic (exact) mass is 408 g/mol. The van der Waals surface area contributed by atoms with Gasteiger partial charge in [0.25, 0.3) is 0 Å². The van der Waals surface area contributed by atoms with Crippen molar-refractivity contribution in [2.24, 2.45) is 10.8 Å². The highest BCUT2D eigenvalue weighted by molar-refractivity contribution is 5.77. The fourth-order valence-electron chi connectivity index (χ4n) is 6.36. The number of nitrogens with zero attached hydrogens (tertiary/aromatic N) is 7. The highest BCUT2D eigenvalue weighted by atomic mass is 16.2. The maximum atomic E-state index is 12.8. The van der Waals surface area contributed by atoms with E-state index in [1.807, 2.05) is 27.7 Å². The van der Waals surface area contributed by atoms with Gasteiger partial charge >= 0.3 is 6.03 Å². The topological polar surface area (TPSA) is 95.8 Å². The lowest BCUT2D eigenvalue weighted by Crippen LogP contribution is -2.70. The average Bonchev–Trinajstić information content (AvgIpc) is 3.17. The van der Waals surface area contributed by atoms with Gasteiger partial charge in [-0.05, 0) is 45.4 Å². The molecule has 0 aromatic carbocycles. The molecule has 1 N–H and O–H groups in total. The summed E-state index contributed by atoms with van der Waals surface area (Å²) in [5.41, 5.74) is 0.658. The minimum absolute atomic E-state index is 0.240. The second kappa shape index (κ2) is 5.62. The number of hydrogen-bond donors (Lipinski definition) is 1. The van der Waals surface area contributed by atoms with Crippen LogP contribution in [0.25, 0.3) is 0 Å². The van der Waals surface area contributed by atoms with Gasteiger partial charge < -0.3 is 9.80 Å². The molecule has 3 saturated carbocycles. The molecule has 5 aliphatic rings. The Morgan fingerprint density at radius 2 is 1.70 bits per heavy atom. The number of rotatable bonds is 3. The Balaban J connectivity index is 0.882. The van der Waals surface area contributed by atoms with Crippen LogP contribution in [0.3, 0.4) is 0 Å². The van der Waals surface area contributed by atoms with Crippen LogP contribution < -0.4 is 0 Å². The summed E-state index contributed by atoms with van der Waals surface area (Å²) >= 11 is 0. The van der Waals surface area contributed by atoms with Gasteiger partial charge in [-0.25, -0.2) is 19.4 Å². The van der Waals surface area contributed by atoms with E-state index in [0.717, 1.165) is 69.3 Å². The Kier molecular flexibility index (Phi) is 3.23. The summed E-state index contributed by atoms with van der Waals surface area (Å²) in [7, 11) is 0. The summed E-state index contributed by atoms with van der Waals surface area (Å²) in [6.45, 7) is 5.56. The van der Waals surface area contributed by atoms with Crippen LogP contribution in [-0.4, -0.2) is 72.0 Å². The van der Waals surface area contributed by atoms with Gasteiger partial charge in [0, 0.05) is 48.8 Å². The largest absolute Gasteiger partial charge is 0.323 e. The van der Waals surface area contributed by atoms with E-state index in [1.165, 1.54) is 12.8 Å². The van der Waals surface area contributed by atoms with Gasteiger partial charge in [0.2, 0.25) is 0 Å². The Bertz CT molecular complexity index is 994. The molecule has 2 aliphatic heterocycles. The molecule has 9 nitrogen and oxygen atoms in total. The Labute approximate surface area is 175 Å². The van der Waals surface area contributed by atoms with Crippen molar-refractivity contribution in [1.29, 1.82) is 0 Å². The van der Waals surface area contributed by atoms with E-state index in [-0.39, 0.29) is 6.03 Å². The van der Waals surface area contributed by atoms with Crippen molar-refractivity contribution in [3.63, 3.8) is 0 Å². The lowest BCUT2D eigenvalue weighted by molar-refractivity contribution is -0.0990. The van der Waals surface area contributed by atoms with Crippen LogP contribution in [-0.2, 0) is 0 Å². The molecular formula is C21H28N8O. The Morgan fingerprint density at radius 3 is 2.30 bits per heavy atom. The number of aryl methyl sites for hydroxylation is 1. The molecule has 4 heterocycles. The number of amides is 2. The molecule has 2 amide bonds. The maximum absolute atomic E-state index is 12.8. The first kappa shape index (κ1) is 17.3. The summed E-state index contributed by atoms with van der Waals surface area (Å²) in [6.07, 6.45) is 8.82. The number of aromatic amines is 1. The van der Waals surface area contributed by atoms with Crippen LogP contribution in [0, 0.1) is 17.8 Å². The Morgan fingerprint density at radius 1 is 1.03 bits per heavy atom. The van der Waals surface area contributed by atoms with Crippen molar-refractivity contribution >= 4 is 6.03 Å². The molecule has 9 heteroatoms. The lowest BCUT2D eigenvalue weighted by atomic mass is 9.57. The van der Waals surface area contributed by atoms with Gasteiger partial charge in [-0.1, -0.05) is 0 Å². The molecule has 0 bridgehead atoms. The fourth-order valence-corrected chi connectivity index (χ4v) is 6.36. The SMILES string of the molecule is Cc1ncn(C2CC3(C2)CN(C(=O)N2CC4(CC(c5n[nH]c(C6CC6)n5)C4)C2)C3)n1. The number of carbonyl (C=O) groups excluding carboxylic acids is 1. The minimum atomic E-state index is 0.240. The quantitative estimate of drug-likeness (QED) is 0.840. The van der Waals surface area contributed by atoms with Crippen LogP contribution >= 0.6 is 0 Å². The molecule has 158 valence electrons. The second-order valence-corrected chi connectivity index (χ2v) is 10.8. The molecule has 5 fully saturated rings. The number of aromatic nitrogens is 6. The van der Waals surface area contributed by atoms with Crippen LogP contribution in [0.5, 0.6) is 0 Å². The van der Waals surface area contributed by atoms with Gasteiger partial charge in [-0.2, -0.15) is 10.2 Å². The molecule has 7 rings (SSSR count). The zero-order valence-electron chi connectivity index (χ0n) is 17.4. The number of nitrogens with one attached hydrogen (secondary N) is 1. The average molecular weight is 409 g/mol. The number of likely N-dealkylation sites (tertiary alicyclic amines) is 2. The summed E-state index contributed by atoms with van der Waals surface area (Å²) in [5, 5.41) is 12.0. The summed E-state index contributed by atoms with van der Waals surface area (Å²) in [5.74, 6) is 4.02. The van der Waals surface area contributed by atoms with Crippen molar-refractivity contribution in [3.8, 4) is 0 Å². The standard InChI is InChI=1S/C21H28N8O/c1-13-22-12-29(26-13)16-6-21(7-16)10-28(11-21)19(30)27-8-20(9-27)4-15(5-20)18-23-17(24-25-18)14-2-3-14/h12,14-16H,2-11H2,1H3,(H,23,24,25). The van der Waals surface area contributed by atoms with Crippen LogP contribution in [0.2, 0.25) is 0 Å². The first-order valence-electron chi connectivity index (χ1n) is 11.3. The highest BCUT2D eigenvalue weighted by Gasteiger charge is 2.59. The summed E-state index contributed by atoms with van der Waals surface area (Å²) in [6, 6.07) is 0.697.